The first-order valence-electron chi connectivity index (χ1n) is 12.2. The van der Waals surface area contributed by atoms with Crippen molar-refractivity contribution in [3.63, 3.8) is 0 Å². The number of benzene rings is 2. The summed E-state index contributed by atoms with van der Waals surface area (Å²) in [5, 5.41) is 9.57. The van der Waals surface area contributed by atoms with E-state index in [-0.39, 0.29) is 11.9 Å². The van der Waals surface area contributed by atoms with Crippen molar-refractivity contribution in [3.05, 3.63) is 69.9 Å². The molecule has 3 aromatic rings. The number of allylic oxidation sites excluding steroid dienone is 2. The van der Waals surface area contributed by atoms with Gasteiger partial charge in [0, 0.05) is 28.5 Å². The summed E-state index contributed by atoms with van der Waals surface area (Å²) in [5.74, 6) is 2.76. The third-order valence-corrected chi connectivity index (χ3v) is 7.36. The Morgan fingerprint density at radius 1 is 1.19 bits per heavy atom. The fraction of sp³-hybridized carbons (Fsp3) is 0.370. The highest BCUT2D eigenvalue weighted by atomic mass is 35.5. The Kier molecular flexibility index (Phi) is 7.25. The number of fused-ring (bicyclic) bond motifs is 1. The van der Waals surface area contributed by atoms with Crippen molar-refractivity contribution >= 4 is 35.1 Å². The number of carbonyl (C=O) groups excluding carboxylic acids is 1. The summed E-state index contributed by atoms with van der Waals surface area (Å²) < 4.78 is 13.7. The van der Waals surface area contributed by atoms with Crippen molar-refractivity contribution in [3.8, 4) is 11.5 Å². The van der Waals surface area contributed by atoms with Gasteiger partial charge in [-0.05, 0) is 62.9 Å². The van der Waals surface area contributed by atoms with Gasteiger partial charge in [0.25, 0.3) is 0 Å². The largest absolute Gasteiger partial charge is 0.490 e. The van der Waals surface area contributed by atoms with Gasteiger partial charge in [-0.2, -0.15) is 4.98 Å². The maximum atomic E-state index is 13.2. The zero-order valence-electron chi connectivity index (χ0n) is 20.6. The lowest BCUT2D eigenvalue weighted by atomic mass is 9.85. The van der Waals surface area contributed by atoms with Crippen LogP contribution in [0.3, 0.4) is 0 Å². The van der Waals surface area contributed by atoms with Crippen LogP contribution >= 0.6 is 23.4 Å². The van der Waals surface area contributed by atoms with Crippen LogP contribution < -0.4 is 14.8 Å². The van der Waals surface area contributed by atoms with Crippen LogP contribution in [0.2, 0.25) is 5.02 Å². The van der Waals surface area contributed by atoms with Gasteiger partial charge in [-0.15, -0.1) is 5.10 Å². The number of anilines is 1. The minimum Gasteiger partial charge on any atom is -0.490 e. The number of hydrogen-bond donors (Lipinski definition) is 1. The molecule has 0 bridgehead atoms. The molecule has 0 amide bonds. The van der Waals surface area contributed by atoms with Crippen molar-refractivity contribution in [2.75, 3.05) is 11.9 Å². The number of halogens is 1. The molecule has 36 heavy (non-hydrogen) atoms. The Labute approximate surface area is 220 Å². The second-order valence-electron chi connectivity index (χ2n) is 9.04. The maximum Gasteiger partial charge on any atom is 0.227 e. The second-order valence-corrected chi connectivity index (χ2v) is 10.4. The van der Waals surface area contributed by atoms with Crippen LogP contribution in [-0.2, 0) is 10.5 Å². The number of thioether (sulfide) groups is 1. The fourth-order valence-electron chi connectivity index (χ4n) is 4.58. The van der Waals surface area contributed by atoms with Crippen LogP contribution in [0.4, 0.5) is 5.95 Å². The van der Waals surface area contributed by atoms with E-state index in [0.717, 1.165) is 40.3 Å². The summed E-state index contributed by atoms with van der Waals surface area (Å²) in [6, 6.07) is 13.2. The highest BCUT2D eigenvalue weighted by molar-refractivity contribution is 7.98. The van der Waals surface area contributed by atoms with Crippen molar-refractivity contribution < 1.29 is 14.3 Å². The van der Waals surface area contributed by atoms with Crippen molar-refractivity contribution in [1.82, 2.24) is 14.8 Å². The molecule has 1 N–H and O–H groups in total. The zero-order chi connectivity index (χ0) is 25.2. The van der Waals surface area contributed by atoms with Gasteiger partial charge in [-0.3, -0.25) is 4.79 Å². The van der Waals surface area contributed by atoms with Crippen molar-refractivity contribution in [2.45, 2.75) is 63.1 Å². The van der Waals surface area contributed by atoms with Gasteiger partial charge < -0.3 is 14.8 Å². The Bertz CT molecular complexity index is 1320. The van der Waals surface area contributed by atoms with Gasteiger partial charge in [0.15, 0.2) is 17.3 Å². The molecule has 188 valence electrons. The minimum absolute atomic E-state index is 0.0165. The van der Waals surface area contributed by atoms with Gasteiger partial charge >= 0.3 is 0 Å². The Balaban J connectivity index is 1.53. The van der Waals surface area contributed by atoms with E-state index in [4.69, 9.17) is 31.2 Å². The number of Topliss-reactive ketones (excluding diaryl/α,β-unsaturated/α-hetero) is 1. The number of ketones is 1. The van der Waals surface area contributed by atoms with Crippen molar-refractivity contribution in [1.29, 1.82) is 0 Å². The minimum atomic E-state index is -0.390. The molecule has 0 saturated heterocycles. The van der Waals surface area contributed by atoms with E-state index >= 15 is 0 Å². The van der Waals surface area contributed by atoms with Crippen molar-refractivity contribution in [2.24, 2.45) is 0 Å². The smallest absolute Gasteiger partial charge is 0.227 e. The van der Waals surface area contributed by atoms with E-state index < -0.39 is 6.04 Å². The van der Waals surface area contributed by atoms with Crippen LogP contribution in [-0.4, -0.2) is 33.3 Å². The summed E-state index contributed by atoms with van der Waals surface area (Å²) in [7, 11) is 0. The first kappa shape index (κ1) is 24.7. The van der Waals surface area contributed by atoms with Gasteiger partial charge in [-0.1, -0.05) is 47.6 Å². The molecule has 2 aromatic carbocycles. The van der Waals surface area contributed by atoms with E-state index in [2.05, 4.69) is 5.32 Å². The number of hydrogen-bond acceptors (Lipinski definition) is 7. The van der Waals surface area contributed by atoms with Gasteiger partial charge in [0.2, 0.25) is 11.1 Å². The number of nitrogens with one attached hydrogen (secondary N) is 1. The van der Waals surface area contributed by atoms with Crippen LogP contribution in [0.25, 0.3) is 0 Å². The molecule has 7 nitrogen and oxygen atoms in total. The summed E-state index contributed by atoms with van der Waals surface area (Å²) in [4.78, 5) is 17.9. The topological polar surface area (TPSA) is 78.3 Å². The lowest BCUT2D eigenvalue weighted by Gasteiger charge is -2.32. The molecule has 0 radical (unpaired) electrons. The predicted molar refractivity (Wildman–Crippen MR) is 142 cm³/mol. The van der Waals surface area contributed by atoms with Crippen LogP contribution in [0, 0.1) is 0 Å². The third kappa shape index (κ3) is 4.97. The Morgan fingerprint density at radius 2 is 2.03 bits per heavy atom. The maximum absolute atomic E-state index is 13.2. The molecule has 2 heterocycles. The number of rotatable bonds is 8. The molecular weight excluding hydrogens is 496 g/mol. The molecule has 1 aliphatic heterocycles. The first-order valence-corrected chi connectivity index (χ1v) is 13.6. The highest BCUT2D eigenvalue weighted by Gasteiger charge is 2.37. The normalized spacial score (nSPS) is 17.0. The van der Waals surface area contributed by atoms with Gasteiger partial charge in [-0.25, -0.2) is 4.68 Å². The zero-order valence-corrected chi connectivity index (χ0v) is 22.2. The summed E-state index contributed by atoms with van der Waals surface area (Å²) >= 11 is 7.86. The third-order valence-electron chi connectivity index (χ3n) is 6.11. The first-order chi connectivity index (χ1) is 17.4. The van der Waals surface area contributed by atoms with Crippen LogP contribution in [0.15, 0.2) is 58.9 Å². The second kappa shape index (κ2) is 10.6. The molecule has 0 spiro atoms. The summed E-state index contributed by atoms with van der Waals surface area (Å²) in [5.41, 5.74) is 3.62. The molecule has 0 fully saturated rings. The number of carbonyl (C=O) groups is 1. The van der Waals surface area contributed by atoms with E-state index in [1.54, 1.807) is 0 Å². The lowest BCUT2D eigenvalue weighted by Crippen LogP contribution is -2.31. The number of ether oxygens (including phenoxy) is 2. The molecule has 5 rings (SSSR count). The average molecular weight is 525 g/mol. The molecule has 9 heteroatoms. The lowest BCUT2D eigenvalue weighted by molar-refractivity contribution is -0.116. The average Bonchev–Trinajstić information content (AvgIpc) is 3.26. The summed E-state index contributed by atoms with van der Waals surface area (Å²) in [6.45, 7) is 6.42. The number of nitrogens with zero attached hydrogens (tertiary/aromatic N) is 3. The number of aromatic nitrogens is 3. The Morgan fingerprint density at radius 3 is 2.81 bits per heavy atom. The monoisotopic (exact) mass is 524 g/mol. The summed E-state index contributed by atoms with van der Waals surface area (Å²) in [6.07, 6.45) is 2.18. The molecule has 1 aliphatic carbocycles. The van der Waals surface area contributed by atoms with Gasteiger partial charge in [0.05, 0.1) is 12.7 Å². The van der Waals surface area contributed by atoms with E-state index in [1.165, 1.54) is 11.8 Å². The molecule has 1 aromatic heterocycles. The fourth-order valence-corrected chi connectivity index (χ4v) is 5.69. The molecule has 0 saturated carbocycles. The van der Waals surface area contributed by atoms with Gasteiger partial charge in [0.1, 0.15) is 6.04 Å². The molecular formula is C27H29ClN4O3S. The van der Waals surface area contributed by atoms with E-state index in [9.17, 15) is 4.79 Å². The van der Waals surface area contributed by atoms with E-state index in [0.29, 0.717) is 41.4 Å². The molecule has 2 aliphatic rings. The quantitative estimate of drug-likeness (QED) is 0.340. The highest BCUT2D eigenvalue weighted by Crippen LogP contribution is 2.43. The van der Waals surface area contributed by atoms with Crippen LogP contribution in [0.1, 0.15) is 57.2 Å². The Hall–Kier alpha value is -2.97. The standard InChI is InChI=1S/C27H29ClN4O3S/c1-4-34-23-14-17(12-13-22(23)35-16(2)3)25-24-20(10-7-11-21(24)33)29-26-30-27(31-32(25)26)36-15-18-8-5-6-9-19(18)28/h5-6,8-9,12-14,16,25H,4,7,10-11,15H2,1-3H3,(H,29,30,31). The SMILES string of the molecule is CCOc1cc(C2C3=C(CCCC3=O)Nc3nc(SCc4ccccc4Cl)nn32)ccc1OC(C)C. The van der Waals surface area contributed by atoms with E-state index in [1.807, 2.05) is 67.9 Å². The molecule has 1 atom stereocenters. The van der Waals surface area contributed by atoms with Crippen LogP contribution in [0.5, 0.6) is 11.5 Å². The predicted octanol–water partition coefficient (Wildman–Crippen LogP) is 6.43. The molecule has 1 unspecified atom stereocenters.